The van der Waals surface area contributed by atoms with Crippen LogP contribution in [0.2, 0.25) is 0 Å². The number of benzene rings is 9. The van der Waals surface area contributed by atoms with E-state index in [1.165, 1.54) is 65.7 Å². The Hall–Kier alpha value is -6.44. The molecule has 0 amide bonds. The van der Waals surface area contributed by atoms with Gasteiger partial charge in [0.25, 0.3) is 0 Å². The van der Waals surface area contributed by atoms with E-state index in [1.54, 1.807) is 0 Å². The van der Waals surface area contributed by atoms with Gasteiger partial charge >= 0.3 is 0 Å². The Bertz CT molecular complexity index is 2570. The predicted octanol–water partition coefficient (Wildman–Crippen LogP) is 13.6. The lowest BCUT2D eigenvalue weighted by molar-refractivity contribution is 1.29. The molecule has 0 fully saturated rings. The van der Waals surface area contributed by atoms with Crippen molar-refractivity contribution in [3.8, 4) is 33.4 Å². The van der Waals surface area contributed by atoms with Crippen LogP contribution in [0.5, 0.6) is 0 Å². The minimum absolute atomic E-state index is 1.11. The predicted molar refractivity (Wildman–Crippen MR) is 210 cm³/mol. The average molecular weight is 624 g/mol. The van der Waals surface area contributed by atoms with E-state index in [-0.39, 0.29) is 0 Å². The van der Waals surface area contributed by atoms with Gasteiger partial charge in [0.2, 0.25) is 0 Å². The van der Waals surface area contributed by atoms with Gasteiger partial charge in [-0.15, -0.1) is 0 Å². The van der Waals surface area contributed by atoms with Crippen LogP contribution < -0.4 is 4.90 Å². The van der Waals surface area contributed by atoms with Gasteiger partial charge in [0.05, 0.1) is 0 Å². The first-order chi connectivity index (χ1) is 24.3. The molecule has 9 aromatic rings. The van der Waals surface area contributed by atoms with Crippen molar-refractivity contribution in [3.63, 3.8) is 0 Å². The van der Waals surface area contributed by atoms with Gasteiger partial charge in [-0.05, 0) is 108 Å². The zero-order chi connectivity index (χ0) is 32.6. The molecule has 230 valence electrons. The normalized spacial score (nSPS) is 11.3. The molecule has 0 saturated carbocycles. The van der Waals surface area contributed by atoms with Gasteiger partial charge in [-0.1, -0.05) is 158 Å². The van der Waals surface area contributed by atoms with Crippen LogP contribution >= 0.6 is 0 Å². The summed E-state index contributed by atoms with van der Waals surface area (Å²) in [6, 6.07) is 72.4. The van der Waals surface area contributed by atoms with Gasteiger partial charge < -0.3 is 4.90 Å². The second kappa shape index (κ2) is 12.3. The Morgan fingerprint density at radius 1 is 0.245 bits per heavy atom. The Balaban J connectivity index is 1.11. The minimum atomic E-state index is 1.11. The van der Waals surface area contributed by atoms with Crippen LogP contribution in [-0.2, 0) is 0 Å². The average Bonchev–Trinajstić information content (AvgIpc) is 3.19. The zero-order valence-electron chi connectivity index (χ0n) is 27.0. The van der Waals surface area contributed by atoms with Gasteiger partial charge in [0.15, 0.2) is 0 Å². The molecule has 0 aromatic heterocycles. The Morgan fingerprint density at radius 2 is 0.694 bits per heavy atom. The van der Waals surface area contributed by atoms with Crippen LogP contribution in [0.4, 0.5) is 17.1 Å². The van der Waals surface area contributed by atoms with Crippen LogP contribution in [0.3, 0.4) is 0 Å². The van der Waals surface area contributed by atoms with E-state index in [4.69, 9.17) is 0 Å². The summed E-state index contributed by atoms with van der Waals surface area (Å²) in [5.41, 5.74) is 10.7. The second-order valence-electron chi connectivity index (χ2n) is 12.6. The molecule has 0 aliphatic rings. The molecule has 0 unspecified atom stereocenters. The smallest absolute Gasteiger partial charge is 0.0468 e. The molecular formula is C48H33N. The number of anilines is 3. The van der Waals surface area contributed by atoms with E-state index in [1.807, 2.05) is 0 Å². The maximum absolute atomic E-state index is 2.36. The highest BCUT2D eigenvalue weighted by atomic mass is 15.1. The summed E-state index contributed by atoms with van der Waals surface area (Å²) in [6.45, 7) is 0. The fraction of sp³-hybridized carbons (Fsp3) is 0. The van der Waals surface area contributed by atoms with Crippen LogP contribution in [-0.4, -0.2) is 0 Å². The number of fused-ring (bicyclic) bond motifs is 4. The third-order valence-electron chi connectivity index (χ3n) is 9.65. The van der Waals surface area contributed by atoms with E-state index in [9.17, 15) is 0 Å². The van der Waals surface area contributed by atoms with Crippen molar-refractivity contribution < 1.29 is 0 Å². The van der Waals surface area contributed by atoms with Crippen molar-refractivity contribution in [1.82, 2.24) is 0 Å². The number of hydrogen-bond donors (Lipinski definition) is 0. The molecule has 9 rings (SSSR count). The molecule has 0 N–H and O–H groups in total. The molecule has 0 saturated heterocycles. The maximum atomic E-state index is 2.36. The third kappa shape index (κ3) is 5.42. The Labute approximate surface area is 287 Å². The first-order valence-corrected chi connectivity index (χ1v) is 16.8. The van der Waals surface area contributed by atoms with Crippen molar-refractivity contribution in [1.29, 1.82) is 0 Å². The van der Waals surface area contributed by atoms with Crippen molar-refractivity contribution in [3.05, 3.63) is 200 Å². The van der Waals surface area contributed by atoms with Gasteiger partial charge in [-0.3, -0.25) is 0 Å². The third-order valence-corrected chi connectivity index (χ3v) is 9.65. The van der Waals surface area contributed by atoms with Crippen LogP contribution in [0, 0.1) is 0 Å². The highest BCUT2D eigenvalue weighted by Gasteiger charge is 2.15. The SMILES string of the molecule is c1ccc(-c2ccc(-c3ccc(N(c4ccc(-c5cc6ccccc6c6ccccc56)cc4)c4ccc5ccccc5c4)cc3)cc2)cc1. The molecule has 0 aliphatic heterocycles. The number of rotatable bonds is 6. The van der Waals surface area contributed by atoms with Crippen molar-refractivity contribution in [2.75, 3.05) is 4.90 Å². The second-order valence-corrected chi connectivity index (χ2v) is 12.6. The molecule has 1 heteroatoms. The standard InChI is InChI=1S/C48H33N/c1-2-10-34(11-3-1)36-18-20-37(21-19-36)38-22-27-42(28-23-38)49(44-31-24-35-12-4-5-13-40(35)32-44)43-29-25-39(26-30-43)48-33-41-14-6-7-15-45(41)46-16-8-9-17-47(46)48/h1-33H. The summed E-state index contributed by atoms with van der Waals surface area (Å²) < 4.78 is 0. The van der Waals surface area contributed by atoms with Crippen molar-refractivity contribution >= 4 is 49.4 Å². The molecule has 0 bridgehead atoms. The summed E-state index contributed by atoms with van der Waals surface area (Å²) in [6.07, 6.45) is 0. The highest BCUT2D eigenvalue weighted by Crippen LogP contribution is 2.40. The maximum Gasteiger partial charge on any atom is 0.0468 e. The van der Waals surface area contributed by atoms with E-state index in [0.717, 1.165) is 17.1 Å². The van der Waals surface area contributed by atoms with E-state index < -0.39 is 0 Å². The first-order valence-electron chi connectivity index (χ1n) is 16.8. The zero-order valence-corrected chi connectivity index (χ0v) is 27.0. The van der Waals surface area contributed by atoms with Crippen LogP contribution in [0.15, 0.2) is 200 Å². The Morgan fingerprint density at radius 3 is 1.35 bits per heavy atom. The largest absolute Gasteiger partial charge is 0.310 e. The van der Waals surface area contributed by atoms with E-state index >= 15 is 0 Å². The summed E-state index contributed by atoms with van der Waals surface area (Å²) in [7, 11) is 0. The lowest BCUT2D eigenvalue weighted by atomic mass is 9.93. The van der Waals surface area contributed by atoms with E-state index in [2.05, 4.69) is 205 Å². The molecule has 0 aliphatic carbocycles. The van der Waals surface area contributed by atoms with Gasteiger partial charge in [0.1, 0.15) is 0 Å². The van der Waals surface area contributed by atoms with E-state index in [0.29, 0.717) is 0 Å². The lowest BCUT2D eigenvalue weighted by Crippen LogP contribution is -2.09. The summed E-state index contributed by atoms with van der Waals surface area (Å²) in [5, 5.41) is 7.56. The fourth-order valence-corrected chi connectivity index (χ4v) is 7.13. The molecule has 9 aromatic carbocycles. The lowest BCUT2D eigenvalue weighted by Gasteiger charge is -2.26. The van der Waals surface area contributed by atoms with Gasteiger partial charge in [-0.25, -0.2) is 0 Å². The summed E-state index contributed by atoms with van der Waals surface area (Å²) >= 11 is 0. The quantitative estimate of drug-likeness (QED) is 0.167. The molecular weight excluding hydrogens is 591 g/mol. The van der Waals surface area contributed by atoms with Crippen LogP contribution in [0.25, 0.3) is 65.7 Å². The summed E-state index contributed by atoms with van der Waals surface area (Å²) in [5.74, 6) is 0. The van der Waals surface area contributed by atoms with Gasteiger partial charge in [-0.2, -0.15) is 0 Å². The Kier molecular flexibility index (Phi) is 7.22. The van der Waals surface area contributed by atoms with Gasteiger partial charge in [0, 0.05) is 17.1 Å². The molecule has 0 spiro atoms. The first kappa shape index (κ1) is 28.8. The minimum Gasteiger partial charge on any atom is -0.310 e. The number of nitrogens with zero attached hydrogens (tertiary/aromatic N) is 1. The molecule has 0 heterocycles. The van der Waals surface area contributed by atoms with Crippen LogP contribution in [0.1, 0.15) is 0 Å². The monoisotopic (exact) mass is 623 g/mol. The molecule has 49 heavy (non-hydrogen) atoms. The highest BCUT2D eigenvalue weighted by molar-refractivity contribution is 6.13. The fourth-order valence-electron chi connectivity index (χ4n) is 7.13. The van der Waals surface area contributed by atoms with Crippen molar-refractivity contribution in [2.24, 2.45) is 0 Å². The molecule has 1 nitrogen and oxygen atoms in total. The topological polar surface area (TPSA) is 3.24 Å². The number of hydrogen-bond acceptors (Lipinski definition) is 1. The van der Waals surface area contributed by atoms with Crippen molar-refractivity contribution in [2.45, 2.75) is 0 Å². The molecule has 0 atom stereocenters. The summed E-state index contributed by atoms with van der Waals surface area (Å²) in [4.78, 5) is 2.36. The molecule has 0 radical (unpaired) electrons.